The number of aromatic nitrogens is 2. The number of anilines is 1. The lowest BCUT2D eigenvalue weighted by Crippen LogP contribution is -2.30. The number of hydrogen-bond acceptors (Lipinski definition) is 3. The molecule has 5 nitrogen and oxygen atoms in total. The summed E-state index contributed by atoms with van der Waals surface area (Å²) in [5.74, 6) is 0.170. The van der Waals surface area contributed by atoms with Crippen molar-refractivity contribution in [1.82, 2.24) is 14.9 Å². The number of para-hydroxylation sites is 2. The van der Waals surface area contributed by atoms with Crippen molar-refractivity contribution in [2.24, 2.45) is 0 Å². The molecule has 7 heteroatoms. The van der Waals surface area contributed by atoms with E-state index < -0.39 is 0 Å². The second kappa shape index (κ2) is 8.30. The van der Waals surface area contributed by atoms with Crippen LogP contribution in [-0.4, -0.2) is 19.8 Å². The van der Waals surface area contributed by atoms with Gasteiger partial charge in [0.05, 0.1) is 17.4 Å². The summed E-state index contributed by atoms with van der Waals surface area (Å²) in [6.45, 7) is 1.99. The summed E-state index contributed by atoms with van der Waals surface area (Å²) in [4.78, 5) is 6.57. The van der Waals surface area contributed by atoms with Gasteiger partial charge in [-0.15, -0.1) is 0 Å². The van der Waals surface area contributed by atoms with Gasteiger partial charge in [0.2, 0.25) is 0 Å². The van der Waals surface area contributed by atoms with E-state index in [0.717, 1.165) is 27.7 Å². The van der Waals surface area contributed by atoms with Gasteiger partial charge in [-0.2, -0.15) is 0 Å². The minimum absolute atomic E-state index is 0.170. The second-order valence-corrected chi connectivity index (χ2v) is 8.52. The molecule has 4 aromatic rings. The standard InChI is InChI=1S/C25H21ClN4OS/c1-16-15-17(11-12-18(16)26)29-14-6-9-21(29)24-23(19-7-4-5-13-27-19)28-25(32)30(24)20-8-2-3-10-22(20)31/h2-15,23-24,31H,1H3,(H,28,32). The highest BCUT2D eigenvalue weighted by atomic mass is 35.5. The van der Waals surface area contributed by atoms with Crippen molar-refractivity contribution in [3.63, 3.8) is 0 Å². The number of thiocarbonyl (C=S) groups is 1. The Balaban J connectivity index is 1.69. The topological polar surface area (TPSA) is 53.3 Å². The number of aromatic hydroxyl groups is 1. The number of pyridine rings is 1. The first-order valence-corrected chi connectivity index (χ1v) is 11.1. The normalized spacial score (nSPS) is 18.1. The lowest BCUT2D eigenvalue weighted by atomic mass is 10.0. The Morgan fingerprint density at radius 3 is 2.59 bits per heavy atom. The van der Waals surface area contributed by atoms with Gasteiger partial charge >= 0.3 is 0 Å². The molecule has 0 bridgehead atoms. The van der Waals surface area contributed by atoms with E-state index in [2.05, 4.69) is 27.0 Å². The van der Waals surface area contributed by atoms with Crippen LogP contribution in [-0.2, 0) is 0 Å². The Bertz CT molecular complexity index is 1290. The summed E-state index contributed by atoms with van der Waals surface area (Å²) in [7, 11) is 0. The monoisotopic (exact) mass is 460 g/mol. The van der Waals surface area contributed by atoms with E-state index in [1.807, 2.05) is 66.6 Å². The van der Waals surface area contributed by atoms with Crippen LogP contribution in [0.1, 0.15) is 29.0 Å². The molecule has 2 N–H and O–H groups in total. The van der Waals surface area contributed by atoms with Crippen LogP contribution < -0.4 is 10.2 Å². The molecule has 32 heavy (non-hydrogen) atoms. The first kappa shape index (κ1) is 20.5. The van der Waals surface area contributed by atoms with Crippen molar-refractivity contribution in [2.75, 3.05) is 4.90 Å². The quantitative estimate of drug-likeness (QED) is 0.381. The Labute approximate surface area is 196 Å². The number of phenolic OH excluding ortho intramolecular Hbond substituents is 1. The lowest BCUT2D eigenvalue weighted by molar-refractivity contribution is 0.472. The SMILES string of the molecule is Cc1cc(-n2cccc2C2C(c3ccccn3)NC(=S)N2c2ccccc2O)ccc1Cl. The van der Waals surface area contributed by atoms with Crippen molar-refractivity contribution in [2.45, 2.75) is 19.0 Å². The van der Waals surface area contributed by atoms with Crippen LogP contribution in [0, 0.1) is 6.92 Å². The molecular weight excluding hydrogens is 440 g/mol. The Hall–Kier alpha value is -3.35. The number of rotatable bonds is 4. The molecule has 1 aliphatic rings. The average Bonchev–Trinajstić information content (AvgIpc) is 3.41. The van der Waals surface area contributed by atoms with Gasteiger partial charge in [0.15, 0.2) is 5.11 Å². The van der Waals surface area contributed by atoms with E-state index in [9.17, 15) is 5.11 Å². The summed E-state index contributed by atoms with van der Waals surface area (Å²) in [6, 6.07) is 22.7. The second-order valence-electron chi connectivity index (χ2n) is 7.72. The highest BCUT2D eigenvalue weighted by Crippen LogP contribution is 2.44. The highest BCUT2D eigenvalue weighted by molar-refractivity contribution is 7.80. The number of phenols is 1. The largest absolute Gasteiger partial charge is 0.506 e. The van der Waals surface area contributed by atoms with Crippen LogP contribution in [0.4, 0.5) is 5.69 Å². The maximum absolute atomic E-state index is 10.6. The van der Waals surface area contributed by atoms with Gasteiger partial charge in [0, 0.05) is 28.8 Å². The number of halogens is 1. The van der Waals surface area contributed by atoms with Crippen LogP contribution in [0.5, 0.6) is 5.75 Å². The molecule has 1 saturated heterocycles. The van der Waals surface area contributed by atoms with E-state index >= 15 is 0 Å². The molecule has 0 saturated carbocycles. The van der Waals surface area contributed by atoms with Crippen molar-refractivity contribution in [3.8, 4) is 11.4 Å². The average molecular weight is 461 g/mol. The van der Waals surface area contributed by atoms with Crippen LogP contribution in [0.2, 0.25) is 5.02 Å². The van der Waals surface area contributed by atoms with Crippen molar-refractivity contribution < 1.29 is 5.11 Å². The molecule has 160 valence electrons. The van der Waals surface area contributed by atoms with Gasteiger partial charge in [-0.25, -0.2) is 0 Å². The Morgan fingerprint density at radius 1 is 1.03 bits per heavy atom. The molecule has 2 unspecified atom stereocenters. The zero-order chi connectivity index (χ0) is 22.2. The fourth-order valence-electron chi connectivity index (χ4n) is 4.23. The summed E-state index contributed by atoms with van der Waals surface area (Å²) < 4.78 is 2.13. The maximum Gasteiger partial charge on any atom is 0.174 e. The molecule has 3 heterocycles. The van der Waals surface area contributed by atoms with Gasteiger partial charge in [-0.3, -0.25) is 4.98 Å². The first-order chi connectivity index (χ1) is 15.5. The third-order valence-electron chi connectivity index (χ3n) is 5.74. The van der Waals surface area contributed by atoms with E-state index in [-0.39, 0.29) is 17.8 Å². The predicted octanol–water partition coefficient (Wildman–Crippen LogP) is 5.72. The molecule has 0 spiro atoms. The van der Waals surface area contributed by atoms with Crippen molar-refractivity contribution >= 4 is 34.6 Å². The summed E-state index contributed by atoms with van der Waals surface area (Å²) in [6.07, 6.45) is 3.80. The molecular formula is C25H21ClN4OS. The first-order valence-electron chi connectivity index (χ1n) is 10.3. The maximum atomic E-state index is 10.6. The Morgan fingerprint density at radius 2 is 1.84 bits per heavy atom. The summed E-state index contributed by atoms with van der Waals surface area (Å²) >= 11 is 12.0. The third kappa shape index (κ3) is 3.51. The van der Waals surface area contributed by atoms with E-state index in [1.165, 1.54) is 0 Å². The minimum atomic E-state index is -0.239. The van der Waals surface area contributed by atoms with Crippen LogP contribution in [0.3, 0.4) is 0 Å². The van der Waals surface area contributed by atoms with Crippen LogP contribution in [0.15, 0.2) is 85.2 Å². The molecule has 1 aliphatic heterocycles. The van der Waals surface area contributed by atoms with Crippen molar-refractivity contribution in [1.29, 1.82) is 0 Å². The summed E-state index contributed by atoms with van der Waals surface area (Å²) in [5, 5.41) is 15.3. The molecule has 1 fully saturated rings. The number of hydrogen-bond donors (Lipinski definition) is 2. The lowest BCUT2D eigenvalue weighted by Gasteiger charge is -2.29. The van der Waals surface area contributed by atoms with E-state index in [4.69, 9.17) is 23.8 Å². The summed E-state index contributed by atoms with van der Waals surface area (Å²) in [5.41, 5.74) is 4.54. The fraction of sp³-hybridized carbons (Fsp3) is 0.120. The fourth-order valence-corrected chi connectivity index (χ4v) is 4.69. The smallest absolute Gasteiger partial charge is 0.174 e. The highest BCUT2D eigenvalue weighted by Gasteiger charge is 2.42. The van der Waals surface area contributed by atoms with Gasteiger partial charge < -0.3 is 19.9 Å². The van der Waals surface area contributed by atoms with Crippen LogP contribution >= 0.6 is 23.8 Å². The third-order valence-corrected chi connectivity index (χ3v) is 6.48. The van der Waals surface area contributed by atoms with E-state index in [1.54, 1.807) is 18.3 Å². The zero-order valence-electron chi connectivity index (χ0n) is 17.3. The van der Waals surface area contributed by atoms with Gasteiger partial charge in [0.25, 0.3) is 0 Å². The zero-order valence-corrected chi connectivity index (χ0v) is 18.9. The molecule has 2 aromatic carbocycles. The number of nitrogens with zero attached hydrogens (tertiary/aromatic N) is 3. The number of aryl methyl sites for hydroxylation is 1. The molecule has 0 amide bonds. The molecule has 0 aliphatic carbocycles. The molecule has 2 atom stereocenters. The molecule has 5 rings (SSSR count). The van der Waals surface area contributed by atoms with Gasteiger partial charge in [-0.05, 0) is 79.3 Å². The predicted molar refractivity (Wildman–Crippen MR) is 132 cm³/mol. The van der Waals surface area contributed by atoms with Gasteiger partial charge in [-0.1, -0.05) is 29.8 Å². The minimum Gasteiger partial charge on any atom is -0.506 e. The van der Waals surface area contributed by atoms with E-state index in [0.29, 0.717) is 10.8 Å². The molecule has 2 aromatic heterocycles. The number of nitrogens with one attached hydrogen (secondary N) is 1. The molecule has 0 radical (unpaired) electrons. The van der Waals surface area contributed by atoms with Gasteiger partial charge in [0.1, 0.15) is 11.8 Å². The Kier molecular flexibility index (Phi) is 5.33. The van der Waals surface area contributed by atoms with Crippen molar-refractivity contribution in [3.05, 3.63) is 107 Å². The number of benzene rings is 2. The van der Waals surface area contributed by atoms with Crippen LogP contribution in [0.25, 0.3) is 5.69 Å².